The van der Waals surface area contributed by atoms with Crippen LogP contribution in [-0.4, -0.2) is 46.6 Å². The first-order chi connectivity index (χ1) is 18.3. The zero-order valence-electron chi connectivity index (χ0n) is 21.6. The SMILES string of the molecule is C=CCOc1ccc(/C=N\NC(=O)CN(c2ccc(C)cc2)S(=O)(=O)c2ccc(SC)cc2)cc1OCC. The molecule has 0 fully saturated rings. The van der Waals surface area contributed by atoms with Gasteiger partial charge in [0.15, 0.2) is 11.5 Å². The summed E-state index contributed by atoms with van der Waals surface area (Å²) < 4.78 is 39.3. The molecule has 3 aromatic carbocycles. The van der Waals surface area contributed by atoms with E-state index in [0.717, 1.165) is 14.8 Å². The van der Waals surface area contributed by atoms with E-state index >= 15 is 0 Å². The molecule has 0 radical (unpaired) electrons. The number of sulfonamides is 1. The number of hydrogen-bond acceptors (Lipinski definition) is 7. The summed E-state index contributed by atoms with van der Waals surface area (Å²) in [5.41, 5.74) is 4.43. The van der Waals surface area contributed by atoms with Gasteiger partial charge in [0, 0.05) is 4.90 Å². The maximum Gasteiger partial charge on any atom is 0.264 e. The van der Waals surface area contributed by atoms with Crippen molar-refractivity contribution in [2.45, 2.75) is 23.6 Å². The van der Waals surface area contributed by atoms with Crippen molar-refractivity contribution >= 4 is 39.6 Å². The molecule has 200 valence electrons. The van der Waals surface area contributed by atoms with Gasteiger partial charge in [0.2, 0.25) is 0 Å². The van der Waals surface area contributed by atoms with Crippen LogP contribution in [-0.2, 0) is 14.8 Å². The highest BCUT2D eigenvalue weighted by molar-refractivity contribution is 7.98. The predicted molar refractivity (Wildman–Crippen MR) is 153 cm³/mol. The average Bonchev–Trinajstić information content (AvgIpc) is 2.92. The van der Waals surface area contributed by atoms with E-state index < -0.39 is 22.5 Å². The molecule has 0 aliphatic rings. The van der Waals surface area contributed by atoms with Crippen LogP contribution in [0.4, 0.5) is 5.69 Å². The minimum absolute atomic E-state index is 0.0920. The average molecular weight is 554 g/mol. The highest BCUT2D eigenvalue weighted by Crippen LogP contribution is 2.28. The van der Waals surface area contributed by atoms with E-state index in [4.69, 9.17) is 9.47 Å². The van der Waals surface area contributed by atoms with Gasteiger partial charge in [-0.3, -0.25) is 9.10 Å². The number of nitrogens with zero attached hydrogens (tertiary/aromatic N) is 2. The molecule has 3 aromatic rings. The fourth-order valence-corrected chi connectivity index (χ4v) is 5.22. The molecule has 0 heterocycles. The molecular formula is C28H31N3O5S2. The molecule has 0 atom stereocenters. The van der Waals surface area contributed by atoms with Crippen LogP contribution in [0.15, 0.2) is 94.3 Å². The number of carbonyl (C=O) groups excluding carboxylic acids is 1. The summed E-state index contributed by atoms with van der Waals surface area (Å²) >= 11 is 1.51. The van der Waals surface area contributed by atoms with E-state index in [9.17, 15) is 13.2 Å². The number of thioether (sulfide) groups is 1. The van der Waals surface area contributed by atoms with Gasteiger partial charge in [0.1, 0.15) is 13.2 Å². The maximum absolute atomic E-state index is 13.5. The lowest BCUT2D eigenvalue weighted by Gasteiger charge is -2.24. The second-order valence-corrected chi connectivity index (χ2v) is 10.8. The lowest BCUT2D eigenvalue weighted by Crippen LogP contribution is -2.39. The van der Waals surface area contributed by atoms with Crippen LogP contribution in [0.1, 0.15) is 18.1 Å². The van der Waals surface area contributed by atoms with Crippen molar-refractivity contribution in [3.8, 4) is 11.5 Å². The Labute approximate surface area is 228 Å². The van der Waals surface area contributed by atoms with Crippen LogP contribution in [0.25, 0.3) is 0 Å². The van der Waals surface area contributed by atoms with Crippen molar-refractivity contribution in [1.82, 2.24) is 5.43 Å². The van der Waals surface area contributed by atoms with E-state index in [1.807, 2.05) is 20.1 Å². The molecule has 1 N–H and O–H groups in total. The summed E-state index contributed by atoms with van der Waals surface area (Å²) in [6.45, 7) is 7.74. The molecule has 0 unspecified atom stereocenters. The normalized spacial score (nSPS) is 11.2. The zero-order chi connectivity index (χ0) is 27.5. The fraction of sp³-hybridized carbons (Fsp3) is 0.214. The summed E-state index contributed by atoms with van der Waals surface area (Å²) in [7, 11) is -4.01. The van der Waals surface area contributed by atoms with Gasteiger partial charge in [0.05, 0.1) is 23.4 Å². The van der Waals surface area contributed by atoms with Crippen LogP contribution >= 0.6 is 11.8 Å². The smallest absolute Gasteiger partial charge is 0.264 e. The molecule has 10 heteroatoms. The Morgan fingerprint density at radius 3 is 2.39 bits per heavy atom. The van der Waals surface area contributed by atoms with Crippen molar-refractivity contribution in [1.29, 1.82) is 0 Å². The van der Waals surface area contributed by atoms with Gasteiger partial charge in [0.25, 0.3) is 15.9 Å². The molecule has 0 saturated carbocycles. The number of rotatable bonds is 13. The molecular weight excluding hydrogens is 522 g/mol. The van der Waals surface area contributed by atoms with Crippen molar-refractivity contribution in [3.63, 3.8) is 0 Å². The Balaban J connectivity index is 1.79. The van der Waals surface area contributed by atoms with Gasteiger partial charge in [-0.2, -0.15) is 5.10 Å². The Morgan fingerprint density at radius 1 is 1.05 bits per heavy atom. The number of ether oxygens (including phenoxy) is 2. The quantitative estimate of drug-likeness (QED) is 0.138. The first-order valence-corrected chi connectivity index (χ1v) is 14.5. The number of carbonyl (C=O) groups is 1. The molecule has 0 saturated heterocycles. The molecule has 0 bridgehead atoms. The van der Waals surface area contributed by atoms with Crippen molar-refractivity contribution in [3.05, 3.63) is 90.5 Å². The third kappa shape index (κ3) is 7.62. The molecule has 1 amide bonds. The molecule has 0 aliphatic carbocycles. The van der Waals surface area contributed by atoms with Crippen LogP contribution < -0.4 is 19.2 Å². The van der Waals surface area contributed by atoms with Gasteiger partial charge in [-0.15, -0.1) is 11.8 Å². The van der Waals surface area contributed by atoms with Gasteiger partial charge >= 0.3 is 0 Å². The second-order valence-electron chi connectivity index (χ2n) is 8.05. The molecule has 0 spiro atoms. The van der Waals surface area contributed by atoms with E-state index in [2.05, 4.69) is 17.1 Å². The number of aryl methyl sites for hydroxylation is 1. The number of amides is 1. The first kappa shape index (κ1) is 28.8. The van der Waals surface area contributed by atoms with Crippen LogP contribution in [0.5, 0.6) is 11.5 Å². The van der Waals surface area contributed by atoms with Gasteiger partial charge < -0.3 is 9.47 Å². The number of hydrazone groups is 1. The first-order valence-electron chi connectivity index (χ1n) is 11.8. The number of anilines is 1. The highest BCUT2D eigenvalue weighted by atomic mass is 32.2. The summed E-state index contributed by atoms with van der Waals surface area (Å²) in [4.78, 5) is 13.8. The molecule has 38 heavy (non-hydrogen) atoms. The number of benzene rings is 3. The lowest BCUT2D eigenvalue weighted by molar-refractivity contribution is -0.119. The van der Waals surface area contributed by atoms with E-state index in [0.29, 0.717) is 36.0 Å². The maximum atomic E-state index is 13.5. The third-order valence-electron chi connectivity index (χ3n) is 5.28. The Bertz CT molecular complexity index is 1370. The Morgan fingerprint density at radius 2 is 1.76 bits per heavy atom. The van der Waals surface area contributed by atoms with Crippen LogP contribution in [0, 0.1) is 6.92 Å². The van der Waals surface area contributed by atoms with Crippen molar-refractivity contribution in [2.24, 2.45) is 5.10 Å². The predicted octanol–water partition coefficient (Wildman–Crippen LogP) is 5.03. The van der Waals surface area contributed by atoms with E-state index in [1.165, 1.54) is 30.1 Å². The topological polar surface area (TPSA) is 97.3 Å². The monoisotopic (exact) mass is 553 g/mol. The molecule has 3 rings (SSSR count). The minimum atomic E-state index is -4.01. The molecule has 8 nitrogen and oxygen atoms in total. The summed E-state index contributed by atoms with van der Waals surface area (Å²) in [6, 6.07) is 18.7. The second kappa shape index (κ2) is 13.7. The summed E-state index contributed by atoms with van der Waals surface area (Å²) in [6.07, 6.45) is 5.00. The van der Waals surface area contributed by atoms with Crippen molar-refractivity contribution in [2.75, 3.05) is 30.3 Å². The Kier molecular flexibility index (Phi) is 10.4. The molecule has 0 aromatic heterocycles. The van der Waals surface area contributed by atoms with E-state index in [1.54, 1.807) is 60.7 Å². The lowest BCUT2D eigenvalue weighted by atomic mass is 10.2. The number of hydrogen-bond donors (Lipinski definition) is 1. The molecule has 0 aliphatic heterocycles. The third-order valence-corrected chi connectivity index (χ3v) is 7.82. The fourth-order valence-electron chi connectivity index (χ4n) is 3.39. The Hall–Kier alpha value is -3.76. The van der Waals surface area contributed by atoms with Crippen LogP contribution in [0.3, 0.4) is 0 Å². The van der Waals surface area contributed by atoms with Gasteiger partial charge in [-0.05, 0) is 80.3 Å². The van der Waals surface area contributed by atoms with Crippen LogP contribution in [0.2, 0.25) is 0 Å². The van der Waals surface area contributed by atoms with Gasteiger partial charge in [-0.1, -0.05) is 30.4 Å². The summed E-state index contributed by atoms with van der Waals surface area (Å²) in [5, 5.41) is 4.01. The highest BCUT2D eigenvalue weighted by Gasteiger charge is 2.27. The summed E-state index contributed by atoms with van der Waals surface area (Å²) in [5.74, 6) is 0.508. The van der Waals surface area contributed by atoms with E-state index in [-0.39, 0.29) is 4.90 Å². The number of nitrogens with one attached hydrogen (secondary N) is 1. The van der Waals surface area contributed by atoms with Gasteiger partial charge in [-0.25, -0.2) is 13.8 Å². The minimum Gasteiger partial charge on any atom is -0.490 e. The zero-order valence-corrected chi connectivity index (χ0v) is 23.2. The van der Waals surface area contributed by atoms with Crippen molar-refractivity contribution < 1.29 is 22.7 Å². The largest absolute Gasteiger partial charge is 0.490 e. The standard InChI is InChI=1S/C28H31N3O5S2/c1-5-17-36-26-16-9-22(18-27(26)35-6-2)19-29-30-28(32)20-31(23-10-7-21(3)8-11-23)38(33,34)25-14-12-24(37-4)13-15-25/h5,7-16,18-19H,1,6,17,20H2,2-4H3,(H,30,32)/b29-19-.